The van der Waals surface area contributed by atoms with Gasteiger partial charge >= 0.3 is 0 Å². The fourth-order valence-corrected chi connectivity index (χ4v) is 1.78. The predicted octanol–water partition coefficient (Wildman–Crippen LogP) is 3.46. The molecule has 0 fully saturated rings. The molecule has 0 heterocycles. The fraction of sp³-hybridized carbons (Fsp3) is 0.250. The van der Waals surface area contributed by atoms with Crippen LogP contribution in [0.4, 0.5) is 5.69 Å². The van der Waals surface area contributed by atoms with Gasteiger partial charge in [0.05, 0.1) is 0 Å². The summed E-state index contributed by atoms with van der Waals surface area (Å²) in [5, 5.41) is 6.85. The van der Waals surface area contributed by atoms with Gasteiger partial charge in [0.25, 0.3) is 0 Å². The first kappa shape index (κ1) is 13.4. The van der Waals surface area contributed by atoms with Gasteiger partial charge in [-0.25, -0.2) is 0 Å². The van der Waals surface area contributed by atoms with Crippen LogP contribution < -0.4 is 10.6 Å². The van der Waals surface area contributed by atoms with Gasteiger partial charge in [0, 0.05) is 15.8 Å². The van der Waals surface area contributed by atoms with Crippen molar-refractivity contribution in [2.24, 2.45) is 0 Å². The van der Waals surface area contributed by atoms with Gasteiger partial charge in [-0.2, -0.15) is 0 Å². The summed E-state index contributed by atoms with van der Waals surface area (Å²) in [7, 11) is 0. The second kappa shape index (κ2) is 6.20. The van der Waals surface area contributed by atoms with Crippen LogP contribution in [0.3, 0.4) is 0 Å². The highest BCUT2D eigenvalue weighted by atomic mass is 127. The minimum absolute atomic E-state index is 0.627. The van der Waals surface area contributed by atoms with Crippen LogP contribution in [0.2, 0.25) is 0 Å². The lowest BCUT2D eigenvalue weighted by Crippen LogP contribution is -2.29. The Bertz CT molecular complexity index is 415. The Balaban J connectivity index is 2.56. The molecular weight excluding hydrogens is 331 g/mol. The molecule has 1 rings (SSSR count). The largest absolute Gasteiger partial charge is 0.359 e. The number of benzene rings is 1. The van der Waals surface area contributed by atoms with Crippen molar-refractivity contribution in [1.82, 2.24) is 5.32 Å². The number of thiocarbonyl (C=S) groups is 1. The first-order chi connectivity index (χ1) is 7.49. The minimum atomic E-state index is 0.627. The van der Waals surface area contributed by atoms with E-state index >= 15 is 0 Å². The highest BCUT2D eigenvalue weighted by Gasteiger charge is 1.99. The lowest BCUT2D eigenvalue weighted by Gasteiger charge is -2.11. The van der Waals surface area contributed by atoms with E-state index in [9.17, 15) is 0 Å². The van der Waals surface area contributed by atoms with Crippen molar-refractivity contribution in [3.8, 4) is 0 Å². The molecule has 0 unspecified atom stereocenters. The van der Waals surface area contributed by atoms with Gasteiger partial charge < -0.3 is 10.6 Å². The Morgan fingerprint density at radius 3 is 2.75 bits per heavy atom. The standard InChI is InChI=1S/C12H15IN2S/c1-8(2)7-14-12(16)15-10-5-4-9(3)11(13)6-10/h4-6H,1,7H2,2-3H3,(H2,14,15,16). The molecule has 1 aromatic carbocycles. The molecule has 0 spiro atoms. The molecule has 0 amide bonds. The summed E-state index contributed by atoms with van der Waals surface area (Å²) < 4.78 is 1.23. The lowest BCUT2D eigenvalue weighted by atomic mass is 10.2. The minimum Gasteiger partial charge on any atom is -0.359 e. The Morgan fingerprint density at radius 1 is 1.50 bits per heavy atom. The number of aryl methyl sites for hydroxylation is 1. The zero-order valence-corrected chi connectivity index (χ0v) is 12.4. The van der Waals surface area contributed by atoms with Crippen molar-refractivity contribution in [1.29, 1.82) is 0 Å². The Kier molecular flexibility index (Phi) is 5.21. The van der Waals surface area contributed by atoms with Crippen LogP contribution in [0.1, 0.15) is 12.5 Å². The smallest absolute Gasteiger partial charge is 0.171 e. The first-order valence-electron chi connectivity index (χ1n) is 4.94. The number of anilines is 1. The molecule has 0 saturated heterocycles. The van der Waals surface area contributed by atoms with E-state index in [0.717, 1.165) is 11.3 Å². The first-order valence-corrected chi connectivity index (χ1v) is 6.43. The second-order valence-electron chi connectivity index (χ2n) is 3.73. The van der Waals surface area contributed by atoms with E-state index in [-0.39, 0.29) is 0 Å². The van der Waals surface area contributed by atoms with Crippen LogP contribution >= 0.6 is 34.8 Å². The van der Waals surface area contributed by atoms with E-state index < -0.39 is 0 Å². The molecule has 0 saturated carbocycles. The highest BCUT2D eigenvalue weighted by Crippen LogP contribution is 2.16. The molecule has 1 aromatic rings. The molecule has 0 aliphatic heterocycles. The molecule has 4 heteroatoms. The summed E-state index contributed by atoms with van der Waals surface area (Å²) in [5.74, 6) is 0. The Morgan fingerprint density at radius 2 is 2.19 bits per heavy atom. The van der Waals surface area contributed by atoms with Gasteiger partial charge in [0.2, 0.25) is 0 Å². The summed E-state index contributed by atoms with van der Waals surface area (Å²) in [5.41, 5.74) is 3.34. The van der Waals surface area contributed by atoms with Crippen LogP contribution in [-0.2, 0) is 0 Å². The third-order valence-electron chi connectivity index (χ3n) is 1.98. The van der Waals surface area contributed by atoms with E-state index in [1.165, 1.54) is 9.13 Å². The van der Waals surface area contributed by atoms with Crippen molar-refractivity contribution in [2.45, 2.75) is 13.8 Å². The molecule has 0 aliphatic rings. The van der Waals surface area contributed by atoms with E-state index in [2.05, 4.69) is 58.9 Å². The van der Waals surface area contributed by atoms with Crippen LogP contribution in [0.15, 0.2) is 30.4 Å². The molecule has 2 N–H and O–H groups in total. The Hall–Kier alpha value is -0.620. The van der Waals surface area contributed by atoms with Gasteiger partial charge in [-0.05, 0) is 66.4 Å². The number of hydrogen-bond donors (Lipinski definition) is 2. The van der Waals surface area contributed by atoms with E-state index in [1.807, 2.05) is 13.0 Å². The number of rotatable bonds is 3. The van der Waals surface area contributed by atoms with Crippen molar-refractivity contribution in [3.63, 3.8) is 0 Å². The van der Waals surface area contributed by atoms with Gasteiger partial charge in [-0.15, -0.1) is 0 Å². The van der Waals surface area contributed by atoms with Crippen LogP contribution in [0.5, 0.6) is 0 Å². The molecule has 0 aliphatic carbocycles. The Labute approximate surface area is 116 Å². The number of halogens is 1. The topological polar surface area (TPSA) is 24.1 Å². The molecule has 0 radical (unpaired) electrons. The monoisotopic (exact) mass is 346 g/mol. The SMILES string of the molecule is C=C(C)CNC(=S)Nc1ccc(C)c(I)c1. The molecular formula is C12H15IN2S. The van der Waals surface area contributed by atoms with Crippen molar-refractivity contribution in [3.05, 3.63) is 39.5 Å². The summed E-state index contributed by atoms with van der Waals surface area (Å²) in [4.78, 5) is 0. The third kappa shape index (κ3) is 4.49. The van der Waals surface area contributed by atoms with Gasteiger partial charge in [-0.3, -0.25) is 0 Å². The fourth-order valence-electron chi connectivity index (χ4n) is 1.08. The predicted molar refractivity (Wildman–Crippen MR) is 82.9 cm³/mol. The molecule has 0 atom stereocenters. The third-order valence-corrected chi connectivity index (χ3v) is 3.39. The molecule has 2 nitrogen and oxygen atoms in total. The van der Waals surface area contributed by atoms with Gasteiger partial charge in [0.15, 0.2) is 5.11 Å². The summed E-state index contributed by atoms with van der Waals surface area (Å²) in [6.45, 7) is 8.56. The van der Waals surface area contributed by atoms with Crippen molar-refractivity contribution in [2.75, 3.05) is 11.9 Å². The number of hydrogen-bond acceptors (Lipinski definition) is 1. The van der Waals surface area contributed by atoms with Crippen molar-refractivity contribution < 1.29 is 0 Å². The zero-order chi connectivity index (χ0) is 12.1. The summed E-state index contributed by atoms with van der Waals surface area (Å²) in [6, 6.07) is 6.17. The maximum absolute atomic E-state index is 5.16. The van der Waals surface area contributed by atoms with Crippen LogP contribution in [-0.4, -0.2) is 11.7 Å². The maximum atomic E-state index is 5.16. The van der Waals surface area contributed by atoms with Gasteiger partial charge in [-0.1, -0.05) is 18.2 Å². The second-order valence-corrected chi connectivity index (χ2v) is 5.30. The van der Waals surface area contributed by atoms with E-state index in [4.69, 9.17) is 12.2 Å². The van der Waals surface area contributed by atoms with E-state index in [1.54, 1.807) is 0 Å². The highest BCUT2D eigenvalue weighted by molar-refractivity contribution is 14.1. The molecule has 16 heavy (non-hydrogen) atoms. The van der Waals surface area contributed by atoms with Crippen LogP contribution in [0, 0.1) is 10.5 Å². The molecule has 0 bridgehead atoms. The van der Waals surface area contributed by atoms with Gasteiger partial charge in [0.1, 0.15) is 0 Å². The quantitative estimate of drug-likeness (QED) is 0.498. The summed E-state index contributed by atoms with van der Waals surface area (Å²) >= 11 is 7.48. The average Bonchev–Trinajstić information content (AvgIpc) is 2.21. The van der Waals surface area contributed by atoms with E-state index in [0.29, 0.717) is 11.7 Å². The normalized spacial score (nSPS) is 9.69. The lowest BCUT2D eigenvalue weighted by molar-refractivity contribution is 1.000. The van der Waals surface area contributed by atoms with Crippen LogP contribution in [0.25, 0.3) is 0 Å². The zero-order valence-electron chi connectivity index (χ0n) is 9.43. The number of nitrogens with one attached hydrogen (secondary N) is 2. The summed E-state index contributed by atoms with van der Waals surface area (Å²) in [6.07, 6.45) is 0. The maximum Gasteiger partial charge on any atom is 0.171 e. The molecule has 86 valence electrons. The van der Waals surface area contributed by atoms with Crippen molar-refractivity contribution >= 4 is 45.6 Å². The average molecular weight is 346 g/mol. The molecule has 0 aromatic heterocycles.